The van der Waals surface area contributed by atoms with Crippen molar-refractivity contribution in [2.24, 2.45) is 0 Å². The van der Waals surface area contributed by atoms with E-state index in [9.17, 15) is 4.79 Å². The van der Waals surface area contributed by atoms with Crippen molar-refractivity contribution < 1.29 is 14.3 Å². The van der Waals surface area contributed by atoms with Crippen LogP contribution in [0.15, 0.2) is 3.92 Å². The molecule has 1 aromatic heterocycles. The fourth-order valence-electron chi connectivity index (χ4n) is 2.64. The number of thiazole rings is 1. The van der Waals surface area contributed by atoms with Crippen LogP contribution in [0.25, 0.3) is 0 Å². The molecular weight excluding hydrogens is 344 g/mol. The van der Waals surface area contributed by atoms with Crippen LogP contribution in [-0.2, 0) is 15.9 Å². The lowest BCUT2D eigenvalue weighted by Gasteiger charge is -2.44. The van der Waals surface area contributed by atoms with Crippen LogP contribution in [0.5, 0.6) is 0 Å². The van der Waals surface area contributed by atoms with Gasteiger partial charge in [-0.05, 0) is 36.7 Å². The molecule has 0 saturated carbocycles. The molecule has 0 N–H and O–H groups in total. The number of fused-ring (bicyclic) bond motifs is 4. The van der Waals surface area contributed by atoms with E-state index in [1.54, 1.807) is 11.3 Å². The summed E-state index contributed by atoms with van der Waals surface area (Å²) < 4.78 is 12.0. The Morgan fingerprint density at radius 3 is 2.95 bits per heavy atom. The van der Waals surface area contributed by atoms with Crippen molar-refractivity contribution in [3.8, 4) is 0 Å². The molecule has 2 aliphatic rings. The van der Waals surface area contributed by atoms with E-state index in [1.165, 1.54) is 0 Å². The zero-order valence-electron chi connectivity index (χ0n) is 11.7. The van der Waals surface area contributed by atoms with Gasteiger partial charge in [-0.2, -0.15) is 0 Å². The molecule has 5 nitrogen and oxygen atoms in total. The molecule has 1 amide bonds. The van der Waals surface area contributed by atoms with Crippen molar-refractivity contribution >= 4 is 33.4 Å². The Hall–Kier alpha value is -0.660. The van der Waals surface area contributed by atoms with Gasteiger partial charge in [0.05, 0.1) is 35.9 Å². The number of halogens is 1. The van der Waals surface area contributed by atoms with Gasteiger partial charge in [-0.15, -0.1) is 11.3 Å². The maximum atomic E-state index is 12.5. The Balaban J connectivity index is 1.91. The number of nitrogens with zero attached hydrogens (tertiary/aromatic N) is 2. The number of hydrogen-bond acceptors (Lipinski definition) is 5. The number of morpholine rings is 1. The number of carbonyl (C=O) groups excluding carboxylic acids is 1. The van der Waals surface area contributed by atoms with Gasteiger partial charge in [0.1, 0.15) is 5.60 Å². The molecule has 0 spiro atoms. The first kappa shape index (κ1) is 14.3. The minimum absolute atomic E-state index is 0.0186. The summed E-state index contributed by atoms with van der Waals surface area (Å²) in [6.45, 7) is 6.71. The summed E-state index contributed by atoms with van der Waals surface area (Å²) in [4.78, 5) is 19.9. The van der Waals surface area contributed by atoms with E-state index in [2.05, 4.69) is 20.9 Å². The van der Waals surface area contributed by atoms with Crippen LogP contribution in [0.2, 0.25) is 0 Å². The Morgan fingerprint density at radius 1 is 1.50 bits per heavy atom. The van der Waals surface area contributed by atoms with Gasteiger partial charge in [0.15, 0.2) is 3.92 Å². The highest BCUT2D eigenvalue weighted by Crippen LogP contribution is 2.41. The number of hydrogen-bond donors (Lipinski definition) is 0. The first-order valence-electron chi connectivity index (χ1n) is 6.59. The molecule has 3 heterocycles. The van der Waals surface area contributed by atoms with E-state index in [4.69, 9.17) is 9.47 Å². The molecule has 2 bridgehead atoms. The number of aromatic nitrogens is 1. The first-order chi connectivity index (χ1) is 9.35. The molecule has 20 heavy (non-hydrogen) atoms. The summed E-state index contributed by atoms with van der Waals surface area (Å²) in [7, 11) is 0. The zero-order valence-corrected chi connectivity index (χ0v) is 14.1. The third-order valence-electron chi connectivity index (χ3n) is 3.35. The predicted octanol–water partition coefficient (Wildman–Crippen LogP) is 3.14. The number of ether oxygens (including phenoxy) is 2. The highest BCUT2D eigenvalue weighted by atomic mass is 79.9. The Kier molecular flexibility index (Phi) is 3.54. The van der Waals surface area contributed by atoms with Gasteiger partial charge in [-0.3, -0.25) is 4.90 Å². The Bertz CT molecular complexity index is 540. The average molecular weight is 361 g/mol. The van der Waals surface area contributed by atoms with Gasteiger partial charge < -0.3 is 9.47 Å². The smallest absolute Gasteiger partial charge is 0.411 e. The summed E-state index contributed by atoms with van der Waals surface area (Å²) in [6.07, 6.45) is 0.471. The van der Waals surface area contributed by atoms with Crippen LogP contribution in [0, 0.1) is 0 Å². The van der Waals surface area contributed by atoms with Crippen LogP contribution in [0.4, 0.5) is 4.79 Å². The standard InChI is InChI=1S/C13H17BrN2O3S/c1-13(2,3)19-12(17)16-7-4-8-10(20-11(14)15-8)9(16)6-18-5-7/h7,9H,4-6H2,1-3H3. The summed E-state index contributed by atoms with van der Waals surface area (Å²) in [5.74, 6) is 0. The molecule has 1 aromatic rings. The number of carbonyl (C=O) groups is 1. The van der Waals surface area contributed by atoms with E-state index in [-0.39, 0.29) is 18.2 Å². The maximum Gasteiger partial charge on any atom is 0.411 e. The molecule has 0 radical (unpaired) electrons. The van der Waals surface area contributed by atoms with Gasteiger partial charge in [-0.25, -0.2) is 9.78 Å². The SMILES string of the molecule is CC(C)(C)OC(=O)N1C2COCC1c1sc(Br)nc1C2. The van der Waals surface area contributed by atoms with E-state index in [0.717, 1.165) is 20.9 Å². The monoisotopic (exact) mass is 360 g/mol. The zero-order chi connectivity index (χ0) is 14.5. The van der Waals surface area contributed by atoms with Crippen LogP contribution >= 0.6 is 27.3 Å². The number of amides is 1. The molecular formula is C13H17BrN2O3S. The maximum absolute atomic E-state index is 12.5. The van der Waals surface area contributed by atoms with Crippen LogP contribution in [-0.4, -0.2) is 40.8 Å². The molecule has 0 aliphatic carbocycles. The van der Waals surface area contributed by atoms with E-state index < -0.39 is 5.60 Å². The van der Waals surface area contributed by atoms with Crippen molar-refractivity contribution in [1.82, 2.24) is 9.88 Å². The van der Waals surface area contributed by atoms with Crippen molar-refractivity contribution in [2.75, 3.05) is 13.2 Å². The number of rotatable bonds is 0. The molecule has 110 valence electrons. The molecule has 1 fully saturated rings. The molecule has 1 saturated heterocycles. The summed E-state index contributed by atoms with van der Waals surface area (Å²) in [6, 6.07) is -0.0544. The largest absolute Gasteiger partial charge is 0.444 e. The highest BCUT2D eigenvalue weighted by Gasteiger charge is 2.44. The average Bonchev–Trinajstić information content (AvgIpc) is 2.66. The second kappa shape index (κ2) is 4.96. The lowest BCUT2D eigenvalue weighted by atomic mass is 9.97. The minimum atomic E-state index is -0.485. The fraction of sp³-hybridized carbons (Fsp3) is 0.692. The highest BCUT2D eigenvalue weighted by molar-refractivity contribution is 9.11. The van der Waals surface area contributed by atoms with Crippen molar-refractivity contribution in [3.63, 3.8) is 0 Å². The lowest BCUT2D eigenvalue weighted by molar-refractivity contribution is -0.0666. The van der Waals surface area contributed by atoms with Crippen molar-refractivity contribution in [3.05, 3.63) is 14.5 Å². The van der Waals surface area contributed by atoms with Gasteiger partial charge in [0.25, 0.3) is 0 Å². The van der Waals surface area contributed by atoms with Gasteiger partial charge in [0, 0.05) is 6.42 Å². The Morgan fingerprint density at radius 2 is 2.25 bits per heavy atom. The van der Waals surface area contributed by atoms with Gasteiger partial charge in [0.2, 0.25) is 0 Å². The second-order valence-electron chi connectivity index (χ2n) is 6.08. The fourth-order valence-corrected chi connectivity index (χ4v) is 4.28. The summed E-state index contributed by atoms with van der Waals surface area (Å²) in [5.41, 5.74) is 0.598. The second-order valence-corrected chi connectivity index (χ2v) is 8.38. The predicted molar refractivity (Wildman–Crippen MR) is 78.9 cm³/mol. The van der Waals surface area contributed by atoms with Gasteiger partial charge >= 0.3 is 6.09 Å². The topological polar surface area (TPSA) is 51.7 Å². The third kappa shape index (κ3) is 2.58. The molecule has 3 rings (SSSR count). The van der Waals surface area contributed by atoms with Crippen LogP contribution in [0.3, 0.4) is 0 Å². The van der Waals surface area contributed by atoms with Crippen LogP contribution in [0.1, 0.15) is 37.4 Å². The van der Waals surface area contributed by atoms with E-state index in [0.29, 0.717) is 13.2 Å². The minimum Gasteiger partial charge on any atom is -0.444 e. The summed E-state index contributed by atoms with van der Waals surface area (Å²) in [5, 5.41) is 0. The Labute approximate surface area is 130 Å². The quantitative estimate of drug-likeness (QED) is 0.713. The molecule has 2 atom stereocenters. The van der Waals surface area contributed by atoms with Crippen molar-refractivity contribution in [2.45, 2.75) is 44.9 Å². The molecule has 7 heteroatoms. The molecule has 2 unspecified atom stereocenters. The molecule has 2 aliphatic heterocycles. The summed E-state index contributed by atoms with van der Waals surface area (Å²) >= 11 is 5.00. The van der Waals surface area contributed by atoms with Gasteiger partial charge in [-0.1, -0.05) is 0 Å². The van der Waals surface area contributed by atoms with Crippen molar-refractivity contribution in [1.29, 1.82) is 0 Å². The first-order valence-corrected chi connectivity index (χ1v) is 8.20. The van der Waals surface area contributed by atoms with E-state index >= 15 is 0 Å². The molecule has 0 aromatic carbocycles. The lowest BCUT2D eigenvalue weighted by Crippen LogP contribution is -2.55. The van der Waals surface area contributed by atoms with E-state index in [1.807, 2.05) is 25.7 Å². The third-order valence-corrected chi connectivity index (χ3v) is 5.00. The van der Waals surface area contributed by atoms with Crippen LogP contribution < -0.4 is 0 Å². The normalized spacial score (nSPS) is 25.3.